The summed E-state index contributed by atoms with van der Waals surface area (Å²) in [5.74, 6) is 1.96. The zero-order valence-electron chi connectivity index (χ0n) is 22.6. The van der Waals surface area contributed by atoms with Gasteiger partial charge in [0.15, 0.2) is 17.5 Å². The molecule has 41 heavy (non-hydrogen) atoms. The quantitative estimate of drug-likeness (QED) is 0.224. The van der Waals surface area contributed by atoms with Crippen LogP contribution in [-0.4, -0.2) is 19.9 Å². The summed E-state index contributed by atoms with van der Waals surface area (Å²) < 4.78 is 0. The van der Waals surface area contributed by atoms with Crippen LogP contribution in [0.15, 0.2) is 140 Å². The van der Waals surface area contributed by atoms with Crippen LogP contribution >= 0.6 is 0 Å². The van der Waals surface area contributed by atoms with Crippen molar-refractivity contribution in [1.82, 2.24) is 19.9 Å². The number of pyridine rings is 1. The van der Waals surface area contributed by atoms with E-state index in [1.165, 1.54) is 0 Å². The smallest absolute Gasteiger partial charge is 0.164 e. The number of para-hydroxylation sites is 1. The summed E-state index contributed by atoms with van der Waals surface area (Å²) in [7, 11) is 0. The predicted octanol–water partition coefficient (Wildman–Crippen LogP) is 9.06. The third-order valence-corrected chi connectivity index (χ3v) is 7.26. The van der Waals surface area contributed by atoms with Crippen molar-refractivity contribution in [2.24, 2.45) is 0 Å². The van der Waals surface area contributed by atoms with Gasteiger partial charge in [0, 0.05) is 33.3 Å². The number of hydrogen-bond donors (Lipinski definition) is 0. The zero-order chi connectivity index (χ0) is 27.6. The summed E-state index contributed by atoms with van der Waals surface area (Å²) in [6.07, 6.45) is 0. The second kappa shape index (κ2) is 10.6. The first-order valence-corrected chi connectivity index (χ1v) is 13.7. The maximum absolute atomic E-state index is 4.89. The van der Waals surface area contributed by atoms with Crippen molar-refractivity contribution in [3.8, 4) is 56.4 Å². The minimum absolute atomic E-state index is 0.647. The molecule has 0 N–H and O–H groups in total. The highest BCUT2D eigenvalue weighted by Crippen LogP contribution is 2.31. The SMILES string of the molecule is Cc1nc2ccccc2cc1-c1ccc(-c2cccc(-c3nc(-c4ccccc4)nc(-c4ccccc4)n3)c2)cc1. The normalized spacial score (nSPS) is 11.0. The number of rotatable bonds is 5. The summed E-state index contributed by atoms with van der Waals surface area (Å²) in [6.45, 7) is 2.07. The van der Waals surface area contributed by atoms with E-state index in [9.17, 15) is 0 Å². The van der Waals surface area contributed by atoms with Gasteiger partial charge in [-0.15, -0.1) is 0 Å². The highest BCUT2D eigenvalue weighted by molar-refractivity contribution is 5.85. The number of hydrogen-bond acceptors (Lipinski definition) is 4. The molecular weight excluding hydrogens is 500 g/mol. The molecule has 0 amide bonds. The van der Waals surface area contributed by atoms with Gasteiger partial charge in [-0.1, -0.05) is 121 Å². The van der Waals surface area contributed by atoms with E-state index in [2.05, 4.69) is 79.7 Å². The molecule has 2 aromatic heterocycles. The Morgan fingerprint density at radius 1 is 0.366 bits per heavy atom. The van der Waals surface area contributed by atoms with Crippen molar-refractivity contribution in [2.45, 2.75) is 6.92 Å². The number of aromatic nitrogens is 4. The van der Waals surface area contributed by atoms with Crippen LogP contribution in [0.3, 0.4) is 0 Å². The van der Waals surface area contributed by atoms with Crippen LogP contribution in [0, 0.1) is 6.92 Å². The molecule has 4 nitrogen and oxygen atoms in total. The van der Waals surface area contributed by atoms with Gasteiger partial charge in [0.1, 0.15) is 0 Å². The average Bonchev–Trinajstić information content (AvgIpc) is 3.05. The first-order valence-electron chi connectivity index (χ1n) is 13.7. The lowest BCUT2D eigenvalue weighted by Gasteiger charge is -2.11. The van der Waals surface area contributed by atoms with Crippen LogP contribution in [0.5, 0.6) is 0 Å². The van der Waals surface area contributed by atoms with E-state index in [0.717, 1.165) is 55.5 Å². The first kappa shape index (κ1) is 24.6. The summed E-state index contributed by atoms with van der Waals surface area (Å²) in [4.78, 5) is 19.4. The van der Waals surface area contributed by atoms with Gasteiger partial charge in [-0.25, -0.2) is 15.0 Å². The summed E-state index contributed by atoms with van der Waals surface area (Å²) in [6, 6.07) is 47.6. The minimum atomic E-state index is 0.647. The number of nitrogens with zero attached hydrogens (tertiary/aromatic N) is 4. The topological polar surface area (TPSA) is 51.6 Å². The van der Waals surface area contributed by atoms with Gasteiger partial charge in [-0.05, 0) is 41.8 Å². The van der Waals surface area contributed by atoms with Gasteiger partial charge in [0.2, 0.25) is 0 Å². The van der Waals surface area contributed by atoms with Crippen LogP contribution in [0.1, 0.15) is 5.69 Å². The predicted molar refractivity (Wildman–Crippen MR) is 167 cm³/mol. The molecule has 0 aliphatic carbocycles. The molecule has 0 bridgehead atoms. The van der Waals surface area contributed by atoms with Gasteiger partial charge in [0.05, 0.1) is 5.52 Å². The Balaban J connectivity index is 1.26. The molecule has 7 rings (SSSR count). The average molecular weight is 527 g/mol. The molecule has 0 saturated carbocycles. The monoisotopic (exact) mass is 526 g/mol. The van der Waals surface area contributed by atoms with Crippen LogP contribution in [0.4, 0.5) is 0 Å². The lowest BCUT2D eigenvalue weighted by atomic mass is 9.97. The zero-order valence-corrected chi connectivity index (χ0v) is 22.6. The summed E-state index contributed by atoms with van der Waals surface area (Å²) in [5, 5.41) is 1.15. The Morgan fingerprint density at radius 2 is 0.878 bits per heavy atom. The second-order valence-electron chi connectivity index (χ2n) is 10.0. The van der Waals surface area contributed by atoms with E-state index in [-0.39, 0.29) is 0 Å². The Morgan fingerprint density at radius 3 is 1.54 bits per heavy atom. The minimum Gasteiger partial charge on any atom is -0.252 e. The molecule has 7 aromatic rings. The van der Waals surface area contributed by atoms with Crippen LogP contribution in [0.2, 0.25) is 0 Å². The third kappa shape index (κ3) is 4.99. The molecule has 0 atom stereocenters. The van der Waals surface area contributed by atoms with Crippen LogP contribution in [-0.2, 0) is 0 Å². The van der Waals surface area contributed by atoms with Crippen molar-refractivity contribution in [3.05, 3.63) is 145 Å². The van der Waals surface area contributed by atoms with E-state index in [0.29, 0.717) is 17.5 Å². The van der Waals surface area contributed by atoms with Crippen molar-refractivity contribution < 1.29 is 0 Å². The fourth-order valence-corrected chi connectivity index (χ4v) is 5.12. The molecule has 0 spiro atoms. The molecule has 0 aliphatic rings. The second-order valence-corrected chi connectivity index (χ2v) is 10.0. The first-order chi connectivity index (χ1) is 20.2. The van der Waals surface area contributed by atoms with Crippen LogP contribution < -0.4 is 0 Å². The summed E-state index contributed by atoms with van der Waals surface area (Å²) >= 11 is 0. The van der Waals surface area contributed by atoms with E-state index in [1.54, 1.807) is 0 Å². The van der Waals surface area contributed by atoms with Crippen molar-refractivity contribution in [3.63, 3.8) is 0 Å². The van der Waals surface area contributed by atoms with Crippen molar-refractivity contribution >= 4 is 10.9 Å². The van der Waals surface area contributed by atoms with E-state index in [4.69, 9.17) is 19.9 Å². The number of benzene rings is 5. The molecule has 5 aromatic carbocycles. The van der Waals surface area contributed by atoms with Crippen LogP contribution in [0.25, 0.3) is 67.3 Å². The molecule has 0 unspecified atom stereocenters. The van der Waals surface area contributed by atoms with Crippen molar-refractivity contribution in [2.75, 3.05) is 0 Å². The lowest BCUT2D eigenvalue weighted by molar-refractivity contribution is 1.07. The van der Waals surface area contributed by atoms with E-state index >= 15 is 0 Å². The van der Waals surface area contributed by atoms with Gasteiger partial charge >= 0.3 is 0 Å². The van der Waals surface area contributed by atoms with Crippen molar-refractivity contribution in [1.29, 1.82) is 0 Å². The lowest BCUT2D eigenvalue weighted by Crippen LogP contribution is -2.00. The molecule has 0 fully saturated rings. The largest absolute Gasteiger partial charge is 0.252 e. The van der Waals surface area contributed by atoms with Gasteiger partial charge < -0.3 is 0 Å². The maximum Gasteiger partial charge on any atom is 0.164 e. The summed E-state index contributed by atoms with van der Waals surface area (Å²) in [5.41, 5.74) is 9.43. The van der Waals surface area contributed by atoms with Gasteiger partial charge in [0.25, 0.3) is 0 Å². The molecule has 2 heterocycles. The fourth-order valence-electron chi connectivity index (χ4n) is 5.12. The van der Waals surface area contributed by atoms with E-state index < -0.39 is 0 Å². The molecular formula is C37H26N4. The van der Waals surface area contributed by atoms with Gasteiger partial charge in [-0.2, -0.15) is 0 Å². The fraction of sp³-hybridized carbons (Fsp3) is 0.0270. The molecule has 0 saturated heterocycles. The Bertz CT molecular complexity index is 1930. The Labute approximate surface area is 239 Å². The highest BCUT2D eigenvalue weighted by atomic mass is 15.0. The molecule has 0 aliphatic heterocycles. The number of fused-ring (bicyclic) bond motifs is 1. The molecule has 194 valence electrons. The standard InChI is InChI=1S/C37H26N4/c1-25-33(24-31-15-8-9-18-34(31)38-25)27-21-19-26(20-22-27)30-16-10-17-32(23-30)37-40-35(28-11-4-2-5-12-28)39-36(41-37)29-13-6-3-7-14-29/h2-24H,1H3. The third-order valence-electron chi connectivity index (χ3n) is 7.26. The maximum atomic E-state index is 4.89. The Hall–Kier alpha value is -5.48. The molecule has 4 heteroatoms. The molecule has 0 radical (unpaired) electrons. The highest BCUT2D eigenvalue weighted by Gasteiger charge is 2.13. The van der Waals surface area contributed by atoms with E-state index in [1.807, 2.05) is 66.7 Å². The Kier molecular flexibility index (Phi) is 6.34. The number of aryl methyl sites for hydroxylation is 1. The van der Waals surface area contributed by atoms with Gasteiger partial charge in [-0.3, -0.25) is 4.98 Å².